The number of fused-ring (bicyclic) bond motifs is 1. The van der Waals surface area contributed by atoms with Crippen molar-refractivity contribution < 1.29 is 9.13 Å². The number of halogens is 1. The molecular weight excluding hydrogens is 407 g/mol. The van der Waals surface area contributed by atoms with E-state index in [-0.39, 0.29) is 11.9 Å². The van der Waals surface area contributed by atoms with E-state index in [0.717, 1.165) is 54.1 Å². The molecule has 1 atom stereocenters. The van der Waals surface area contributed by atoms with E-state index in [0.29, 0.717) is 5.88 Å². The third-order valence-corrected chi connectivity index (χ3v) is 6.08. The Morgan fingerprint density at radius 1 is 1.09 bits per heavy atom. The Hall–Kier alpha value is -3.36. The second kappa shape index (κ2) is 8.64. The number of benzene rings is 1. The summed E-state index contributed by atoms with van der Waals surface area (Å²) < 4.78 is 20.8. The van der Waals surface area contributed by atoms with Crippen LogP contribution in [0, 0.1) is 5.82 Å². The summed E-state index contributed by atoms with van der Waals surface area (Å²) in [6.07, 6.45) is 3.65. The zero-order chi connectivity index (χ0) is 22.1. The van der Waals surface area contributed by atoms with Crippen molar-refractivity contribution in [2.24, 2.45) is 0 Å². The van der Waals surface area contributed by atoms with Crippen molar-refractivity contribution in [3.63, 3.8) is 0 Å². The Balaban J connectivity index is 1.41. The third kappa shape index (κ3) is 3.94. The average molecular weight is 433 g/mol. The minimum absolute atomic E-state index is 0.115. The molecule has 0 aliphatic carbocycles. The van der Waals surface area contributed by atoms with Gasteiger partial charge in [0, 0.05) is 49.7 Å². The molecule has 0 radical (unpaired) electrons. The summed E-state index contributed by atoms with van der Waals surface area (Å²) in [6, 6.07) is 14.7. The number of hydrogen-bond acceptors (Lipinski definition) is 6. The number of nitrogens with zero attached hydrogens (tertiary/aromatic N) is 6. The quantitative estimate of drug-likeness (QED) is 0.482. The SMILES string of the molecule is COc1ncccc1CN1CCN(C)[C@@H](c2nnn3cc(-c4cccc(F)c4)ccc23)C1. The monoisotopic (exact) mass is 432 g/mol. The largest absolute Gasteiger partial charge is 0.481 e. The topological polar surface area (TPSA) is 58.8 Å². The van der Waals surface area contributed by atoms with E-state index in [9.17, 15) is 4.39 Å². The molecule has 0 saturated carbocycles. The summed E-state index contributed by atoms with van der Waals surface area (Å²) in [5.74, 6) is 0.415. The molecule has 3 aromatic heterocycles. The second-order valence-electron chi connectivity index (χ2n) is 8.14. The molecule has 7 nitrogen and oxygen atoms in total. The zero-order valence-corrected chi connectivity index (χ0v) is 18.1. The van der Waals surface area contributed by atoms with Gasteiger partial charge in [-0.05, 0) is 36.9 Å². The minimum Gasteiger partial charge on any atom is -0.481 e. The van der Waals surface area contributed by atoms with Crippen molar-refractivity contribution in [1.29, 1.82) is 0 Å². The maximum absolute atomic E-state index is 13.6. The maximum Gasteiger partial charge on any atom is 0.217 e. The van der Waals surface area contributed by atoms with Crippen LogP contribution in [0.15, 0.2) is 60.9 Å². The molecule has 1 aliphatic heterocycles. The second-order valence-corrected chi connectivity index (χ2v) is 8.14. The predicted molar refractivity (Wildman–Crippen MR) is 120 cm³/mol. The van der Waals surface area contributed by atoms with Crippen LogP contribution in [0.25, 0.3) is 16.6 Å². The van der Waals surface area contributed by atoms with Gasteiger partial charge in [-0.15, -0.1) is 5.10 Å². The van der Waals surface area contributed by atoms with Gasteiger partial charge in [-0.3, -0.25) is 9.80 Å². The molecule has 164 valence electrons. The number of pyridine rings is 2. The molecular formula is C24H25FN6O. The first kappa shape index (κ1) is 20.5. The molecule has 1 saturated heterocycles. The van der Waals surface area contributed by atoms with Gasteiger partial charge in [0.25, 0.3) is 0 Å². The molecule has 32 heavy (non-hydrogen) atoms. The van der Waals surface area contributed by atoms with E-state index in [1.807, 2.05) is 30.5 Å². The highest BCUT2D eigenvalue weighted by Crippen LogP contribution is 2.29. The molecule has 4 aromatic rings. The summed E-state index contributed by atoms with van der Waals surface area (Å²) in [7, 11) is 3.78. The molecule has 0 amide bonds. The van der Waals surface area contributed by atoms with E-state index < -0.39 is 0 Å². The van der Waals surface area contributed by atoms with Crippen molar-refractivity contribution in [3.05, 3.63) is 78.0 Å². The van der Waals surface area contributed by atoms with Gasteiger partial charge in [0.2, 0.25) is 5.88 Å². The lowest BCUT2D eigenvalue weighted by Gasteiger charge is -2.38. The summed E-state index contributed by atoms with van der Waals surface area (Å²) in [5, 5.41) is 8.90. The predicted octanol–water partition coefficient (Wildman–Crippen LogP) is 3.43. The number of likely N-dealkylation sites (N-methyl/N-ethyl adjacent to an activating group) is 1. The first-order chi connectivity index (χ1) is 15.6. The first-order valence-electron chi connectivity index (χ1n) is 10.6. The lowest BCUT2D eigenvalue weighted by molar-refractivity contribution is 0.0882. The van der Waals surface area contributed by atoms with Gasteiger partial charge >= 0.3 is 0 Å². The molecule has 5 rings (SSSR count). The number of methoxy groups -OCH3 is 1. The van der Waals surface area contributed by atoms with E-state index in [2.05, 4.69) is 38.2 Å². The van der Waals surface area contributed by atoms with Crippen molar-refractivity contribution in [2.45, 2.75) is 12.6 Å². The van der Waals surface area contributed by atoms with Crippen LogP contribution in [0.3, 0.4) is 0 Å². The zero-order valence-electron chi connectivity index (χ0n) is 18.1. The van der Waals surface area contributed by atoms with Crippen molar-refractivity contribution >= 4 is 5.52 Å². The molecule has 1 aliphatic rings. The van der Waals surface area contributed by atoms with Crippen molar-refractivity contribution in [2.75, 3.05) is 33.8 Å². The van der Waals surface area contributed by atoms with Crippen LogP contribution in [0.4, 0.5) is 4.39 Å². The lowest BCUT2D eigenvalue weighted by Crippen LogP contribution is -2.46. The van der Waals surface area contributed by atoms with E-state index in [4.69, 9.17) is 4.74 Å². The van der Waals surface area contributed by atoms with Crippen LogP contribution in [-0.4, -0.2) is 63.4 Å². The fourth-order valence-corrected chi connectivity index (χ4v) is 4.33. The molecule has 8 heteroatoms. The minimum atomic E-state index is -0.254. The summed E-state index contributed by atoms with van der Waals surface area (Å²) in [6.45, 7) is 3.47. The van der Waals surface area contributed by atoms with Gasteiger partial charge in [-0.1, -0.05) is 29.5 Å². The standard InChI is InChI=1S/C24H25FN6O/c1-29-11-12-30(14-19-6-4-10-26-24(19)32-2)16-22(29)23-21-9-8-18(15-31(21)28-27-23)17-5-3-7-20(25)13-17/h3-10,13,15,22H,11-12,14,16H2,1-2H3/t22-/m1/s1. The summed E-state index contributed by atoms with van der Waals surface area (Å²) in [5.41, 5.74) is 4.70. The van der Waals surface area contributed by atoms with E-state index in [1.165, 1.54) is 12.1 Å². The lowest BCUT2D eigenvalue weighted by atomic mass is 10.1. The van der Waals surface area contributed by atoms with E-state index >= 15 is 0 Å². The Morgan fingerprint density at radius 3 is 2.84 bits per heavy atom. The van der Waals surface area contributed by atoms with Gasteiger partial charge in [-0.2, -0.15) is 0 Å². The molecule has 0 N–H and O–H groups in total. The number of hydrogen-bond donors (Lipinski definition) is 0. The summed E-state index contributed by atoms with van der Waals surface area (Å²) >= 11 is 0. The molecule has 1 fully saturated rings. The highest BCUT2D eigenvalue weighted by Gasteiger charge is 2.29. The molecule has 0 bridgehead atoms. The average Bonchev–Trinajstić information content (AvgIpc) is 3.24. The normalized spacial score (nSPS) is 17.7. The maximum atomic E-state index is 13.6. The first-order valence-corrected chi connectivity index (χ1v) is 10.6. The van der Waals surface area contributed by atoms with Gasteiger partial charge in [0.15, 0.2) is 0 Å². The van der Waals surface area contributed by atoms with Crippen molar-refractivity contribution in [1.82, 2.24) is 29.6 Å². The Bertz CT molecular complexity index is 1240. The van der Waals surface area contributed by atoms with Gasteiger partial charge in [0.05, 0.1) is 18.7 Å². The smallest absolute Gasteiger partial charge is 0.217 e. The number of rotatable bonds is 5. The van der Waals surface area contributed by atoms with Crippen LogP contribution in [0.2, 0.25) is 0 Å². The fraction of sp³-hybridized carbons (Fsp3) is 0.292. The van der Waals surface area contributed by atoms with Crippen LogP contribution < -0.4 is 4.74 Å². The number of piperazine rings is 1. The third-order valence-electron chi connectivity index (χ3n) is 6.08. The van der Waals surface area contributed by atoms with Crippen LogP contribution >= 0.6 is 0 Å². The Labute approximate surface area is 186 Å². The van der Waals surface area contributed by atoms with Gasteiger partial charge < -0.3 is 4.74 Å². The number of ether oxygens (including phenoxy) is 1. The number of aromatic nitrogens is 4. The van der Waals surface area contributed by atoms with Crippen LogP contribution in [0.5, 0.6) is 5.88 Å². The Kier molecular flexibility index (Phi) is 5.55. The molecule has 0 unspecified atom stereocenters. The van der Waals surface area contributed by atoms with Crippen LogP contribution in [-0.2, 0) is 6.54 Å². The molecule has 0 spiro atoms. The van der Waals surface area contributed by atoms with Crippen molar-refractivity contribution in [3.8, 4) is 17.0 Å². The molecule has 4 heterocycles. The fourth-order valence-electron chi connectivity index (χ4n) is 4.33. The molecule has 1 aromatic carbocycles. The summed E-state index contributed by atoms with van der Waals surface area (Å²) in [4.78, 5) is 9.04. The Morgan fingerprint density at radius 2 is 2.00 bits per heavy atom. The van der Waals surface area contributed by atoms with E-state index in [1.54, 1.807) is 23.9 Å². The van der Waals surface area contributed by atoms with Crippen LogP contribution in [0.1, 0.15) is 17.3 Å². The van der Waals surface area contributed by atoms with Gasteiger partial charge in [-0.25, -0.2) is 13.9 Å². The highest BCUT2D eigenvalue weighted by molar-refractivity contribution is 5.66. The van der Waals surface area contributed by atoms with Gasteiger partial charge in [0.1, 0.15) is 11.5 Å². The highest BCUT2D eigenvalue weighted by atomic mass is 19.1.